The van der Waals surface area contributed by atoms with Gasteiger partial charge in [0.1, 0.15) is 11.3 Å². The van der Waals surface area contributed by atoms with E-state index in [1.165, 1.54) is 5.56 Å². The molecule has 5 nitrogen and oxygen atoms in total. The van der Waals surface area contributed by atoms with Gasteiger partial charge in [0.25, 0.3) is 11.5 Å². The summed E-state index contributed by atoms with van der Waals surface area (Å²) in [4.78, 5) is 28.6. The summed E-state index contributed by atoms with van der Waals surface area (Å²) in [5.41, 5.74) is 1.24. The average Bonchev–Trinajstić information content (AvgIpc) is 2.67. The largest absolute Gasteiger partial charge is 0.497 e. The van der Waals surface area contributed by atoms with Crippen LogP contribution >= 0.6 is 0 Å². The van der Waals surface area contributed by atoms with Crippen molar-refractivity contribution in [1.29, 1.82) is 0 Å². The van der Waals surface area contributed by atoms with E-state index in [1.54, 1.807) is 30.3 Å². The Hall–Kier alpha value is -2.56. The number of aromatic nitrogens is 1. The fourth-order valence-electron chi connectivity index (χ4n) is 3.35. The number of nitrogens with zero attached hydrogens (tertiary/aromatic N) is 1. The lowest BCUT2D eigenvalue weighted by Gasteiger charge is -2.32. The summed E-state index contributed by atoms with van der Waals surface area (Å²) in [6, 6.07) is 11.5. The standard InChI is InChI=1S/C20H24N2O3/c1-25-17-8-6-15(7-9-17)4-5-16-10-13-22(14-11-16)20(24)18-3-2-12-21-19(18)23/h2-3,6-9,12,16H,4-5,10-11,13-14H2,1H3,(H,21,23). The molecule has 1 N–H and O–H groups in total. The van der Waals surface area contributed by atoms with Crippen LogP contribution in [-0.2, 0) is 6.42 Å². The van der Waals surface area contributed by atoms with Gasteiger partial charge < -0.3 is 14.6 Å². The van der Waals surface area contributed by atoms with Crippen molar-refractivity contribution in [2.45, 2.75) is 25.7 Å². The second-order valence-corrected chi connectivity index (χ2v) is 6.54. The molecule has 1 saturated heterocycles. The number of aryl methyl sites for hydroxylation is 1. The molecular formula is C20H24N2O3. The van der Waals surface area contributed by atoms with Crippen LogP contribution in [0.5, 0.6) is 5.75 Å². The number of likely N-dealkylation sites (tertiary alicyclic amines) is 1. The number of benzene rings is 1. The van der Waals surface area contributed by atoms with Gasteiger partial charge >= 0.3 is 0 Å². The van der Waals surface area contributed by atoms with Crippen LogP contribution in [-0.4, -0.2) is 36.0 Å². The van der Waals surface area contributed by atoms with Gasteiger partial charge in [-0.2, -0.15) is 0 Å². The van der Waals surface area contributed by atoms with Crippen LogP contribution in [0.25, 0.3) is 0 Å². The molecule has 1 aromatic carbocycles. The van der Waals surface area contributed by atoms with E-state index in [4.69, 9.17) is 4.74 Å². The molecule has 3 rings (SSSR count). The fraction of sp³-hybridized carbons (Fsp3) is 0.400. The van der Waals surface area contributed by atoms with Gasteiger partial charge in [-0.1, -0.05) is 12.1 Å². The van der Waals surface area contributed by atoms with Crippen LogP contribution in [0.1, 0.15) is 35.2 Å². The lowest BCUT2D eigenvalue weighted by molar-refractivity contribution is 0.0685. The molecule has 1 aliphatic rings. The molecule has 0 atom stereocenters. The number of piperidine rings is 1. The first-order valence-electron chi connectivity index (χ1n) is 8.77. The molecule has 1 aliphatic heterocycles. The quantitative estimate of drug-likeness (QED) is 0.910. The SMILES string of the molecule is COc1ccc(CCC2CCN(C(=O)c3ccc[nH]c3=O)CC2)cc1. The van der Waals surface area contributed by atoms with Crippen molar-refractivity contribution < 1.29 is 9.53 Å². The van der Waals surface area contributed by atoms with Crippen molar-refractivity contribution >= 4 is 5.91 Å². The predicted molar refractivity (Wildman–Crippen MR) is 97.0 cm³/mol. The molecular weight excluding hydrogens is 316 g/mol. The summed E-state index contributed by atoms with van der Waals surface area (Å²) in [6.07, 6.45) is 5.70. The van der Waals surface area contributed by atoms with Gasteiger partial charge in [-0.3, -0.25) is 9.59 Å². The highest BCUT2D eigenvalue weighted by molar-refractivity contribution is 5.93. The first-order chi connectivity index (χ1) is 12.2. The number of nitrogens with one attached hydrogen (secondary N) is 1. The molecule has 0 radical (unpaired) electrons. The number of carbonyl (C=O) groups excluding carboxylic acids is 1. The van der Waals surface area contributed by atoms with E-state index in [1.807, 2.05) is 12.1 Å². The molecule has 0 spiro atoms. The first kappa shape index (κ1) is 17.3. The number of H-pyrrole nitrogens is 1. The zero-order valence-corrected chi connectivity index (χ0v) is 14.5. The number of ether oxygens (including phenoxy) is 1. The number of carbonyl (C=O) groups is 1. The maximum Gasteiger partial charge on any atom is 0.260 e. The summed E-state index contributed by atoms with van der Waals surface area (Å²) in [5, 5.41) is 0. The number of pyridine rings is 1. The number of amides is 1. The smallest absolute Gasteiger partial charge is 0.260 e. The highest BCUT2D eigenvalue weighted by atomic mass is 16.5. The van der Waals surface area contributed by atoms with E-state index in [-0.39, 0.29) is 17.0 Å². The topological polar surface area (TPSA) is 62.4 Å². The highest BCUT2D eigenvalue weighted by Gasteiger charge is 2.24. The molecule has 0 bridgehead atoms. The summed E-state index contributed by atoms with van der Waals surface area (Å²) in [7, 11) is 1.67. The summed E-state index contributed by atoms with van der Waals surface area (Å²) in [5.74, 6) is 1.35. The van der Waals surface area contributed by atoms with Crippen LogP contribution in [0.3, 0.4) is 0 Å². The highest BCUT2D eigenvalue weighted by Crippen LogP contribution is 2.23. The Kier molecular flexibility index (Phi) is 5.53. The molecule has 1 fully saturated rings. The van der Waals surface area contributed by atoms with E-state index in [0.717, 1.165) is 44.5 Å². The Bertz CT molecular complexity index is 759. The number of rotatable bonds is 5. The Labute approximate surface area is 147 Å². The lowest BCUT2D eigenvalue weighted by Crippen LogP contribution is -2.40. The molecule has 1 aromatic heterocycles. The zero-order valence-electron chi connectivity index (χ0n) is 14.5. The van der Waals surface area contributed by atoms with Gasteiger partial charge in [0, 0.05) is 19.3 Å². The summed E-state index contributed by atoms with van der Waals surface area (Å²) >= 11 is 0. The second kappa shape index (κ2) is 8.01. The fourth-order valence-corrected chi connectivity index (χ4v) is 3.35. The Morgan fingerprint density at radius 1 is 1.20 bits per heavy atom. The van der Waals surface area contributed by atoms with Crippen molar-refractivity contribution in [2.24, 2.45) is 5.92 Å². The molecule has 132 valence electrons. The molecule has 2 heterocycles. The van der Waals surface area contributed by atoms with Crippen molar-refractivity contribution in [3.63, 3.8) is 0 Å². The maximum atomic E-state index is 12.5. The molecule has 25 heavy (non-hydrogen) atoms. The average molecular weight is 340 g/mol. The van der Waals surface area contributed by atoms with Crippen LogP contribution in [0.2, 0.25) is 0 Å². The van der Waals surface area contributed by atoms with Gasteiger partial charge in [0.05, 0.1) is 7.11 Å². The third-order valence-corrected chi connectivity index (χ3v) is 4.95. The normalized spacial score (nSPS) is 15.2. The van der Waals surface area contributed by atoms with E-state index in [0.29, 0.717) is 5.92 Å². The van der Waals surface area contributed by atoms with Crippen molar-refractivity contribution in [3.8, 4) is 5.75 Å². The monoisotopic (exact) mass is 340 g/mol. The van der Waals surface area contributed by atoms with Crippen LogP contribution < -0.4 is 10.3 Å². The van der Waals surface area contributed by atoms with Gasteiger partial charge in [0.2, 0.25) is 0 Å². The number of methoxy groups -OCH3 is 1. The van der Waals surface area contributed by atoms with Crippen molar-refractivity contribution in [1.82, 2.24) is 9.88 Å². The van der Waals surface area contributed by atoms with Crippen LogP contribution in [0, 0.1) is 5.92 Å². The zero-order chi connectivity index (χ0) is 17.6. The Morgan fingerprint density at radius 2 is 1.92 bits per heavy atom. The summed E-state index contributed by atoms with van der Waals surface area (Å²) in [6.45, 7) is 1.45. The van der Waals surface area contributed by atoms with Crippen LogP contribution in [0.4, 0.5) is 0 Å². The second-order valence-electron chi connectivity index (χ2n) is 6.54. The molecule has 0 aliphatic carbocycles. The Morgan fingerprint density at radius 3 is 2.56 bits per heavy atom. The third-order valence-electron chi connectivity index (χ3n) is 4.95. The maximum absolute atomic E-state index is 12.5. The lowest BCUT2D eigenvalue weighted by atomic mass is 9.90. The van der Waals surface area contributed by atoms with Gasteiger partial charge in [-0.05, 0) is 61.4 Å². The van der Waals surface area contributed by atoms with Gasteiger partial charge in [-0.15, -0.1) is 0 Å². The van der Waals surface area contributed by atoms with Gasteiger partial charge in [0.15, 0.2) is 0 Å². The Balaban J connectivity index is 1.49. The van der Waals surface area contributed by atoms with Gasteiger partial charge in [-0.25, -0.2) is 0 Å². The van der Waals surface area contributed by atoms with Crippen molar-refractivity contribution in [3.05, 3.63) is 64.1 Å². The number of hydrogen-bond donors (Lipinski definition) is 1. The molecule has 5 heteroatoms. The van der Waals surface area contributed by atoms with E-state index >= 15 is 0 Å². The van der Waals surface area contributed by atoms with Crippen LogP contribution in [0.15, 0.2) is 47.4 Å². The number of hydrogen-bond acceptors (Lipinski definition) is 3. The molecule has 0 unspecified atom stereocenters. The van der Waals surface area contributed by atoms with E-state index < -0.39 is 0 Å². The minimum absolute atomic E-state index is 0.157. The van der Waals surface area contributed by atoms with E-state index in [9.17, 15) is 9.59 Å². The number of aromatic amines is 1. The van der Waals surface area contributed by atoms with Crippen molar-refractivity contribution in [2.75, 3.05) is 20.2 Å². The molecule has 1 amide bonds. The third kappa shape index (κ3) is 4.29. The predicted octanol–water partition coefficient (Wildman–Crippen LogP) is 2.87. The minimum atomic E-state index is -0.311. The minimum Gasteiger partial charge on any atom is -0.497 e. The molecule has 0 saturated carbocycles. The summed E-state index contributed by atoms with van der Waals surface area (Å²) < 4.78 is 5.18. The van der Waals surface area contributed by atoms with E-state index in [2.05, 4.69) is 17.1 Å². The molecule has 2 aromatic rings. The first-order valence-corrected chi connectivity index (χ1v) is 8.77.